The fraction of sp³-hybridized carbons (Fsp3) is 0.615. The van der Waals surface area contributed by atoms with E-state index in [1.165, 1.54) is 0 Å². The Kier molecular flexibility index (Phi) is 3.11. The second-order valence-corrected chi connectivity index (χ2v) is 5.43. The van der Waals surface area contributed by atoms with Gasteiger partial charge in [-0.15, -0.1) is 0 Å². The van der Waals surface area contributed by atoms with Gasteiger partial charge < -0.3 is 19.3 Å². The van der Waals surface area contributed by atoms with Gasteiger partial charge in [0.05, 0.1) is 12.6 Å². The van der Waals surface area contributed by atoms with Gasteiger partial charge in [0, 0.05) is 52.5 Å². The largest absolute Gasteiger partial charge is 0.339 e. The SMILES string of the molecule is CC(=O)N1CCN2C(=O)N(Cc3nccn3C)C[C@H]2C1. The summed E-state index contributed by atoms with van der Waals surface area (Å²) in [6.07, 6.45) is 3.61. The van der Waals surface area contributed by atoms with Crippen molar-refractivity contribution in [1.82, 2.24) is 24.3 Å². The second-order valence-electron chi connectivity index (χ2n) is 5.43. The second kappa shape index (κ2) is 4.81. The molecule has 0 bridgehead atoms. The maximum Gasteiger partial charge on any atom is 0.320 e. The number of urea groups is 1. The van der Waals surface area contributed by atoms with Crippen molar-refractivity contribution >= 4 is 11.9 Å². The van der Waals surface area contributed by atoms with Gasteiger partial charge in [-0.2, -0.15) is 0 Å². The molecule has 2 aliphatic heterocycles. The van der Waals surface area contributed by atoms with Crippen LogP contribution in [0.25, 0.3) is 0 Å². The van der Waals surface area contributed by atoms with Gasteiger partial charge in [-0.1, -0.05) is 0 Å². The number of piperazine rings is 1. The van der Waals surface area contributed by atoms with Gasteiger partial charge in [0.1, 0.15) is 5.82 Å². The lowest BCUT2D eigenvalue weighted by molar-refractivity contribution is -0.130. The smallest absolute Gasteiger partial charge is 0.320 e. The Morgan fingerprint density at radius 1 is 1.40 bits per heavy atom. The third-order valence-corrected chi connectivity index (χ3v) is 4.13. The first-order chi connectivity index (χ1) is 9.56. The Morgan fingerprint density at radius 3 is 2.85 bits per heavy atom. The van der Waals surface area contributed by atoms with Gasteiger partial charge >= 0.3 is 6.03 Å². The highest BCUT2D eigenvalue weighted by molar-refractivity contribution is 5.78. The molecule has 3 amide bonds. The Morgan fingerprint density at radius 2 is 2.20 bits per heavy atom. The summed E-state index contributed by atoms with van der Waals surface area (Å²) in [6, 6.07) is 0.168. The van der Waals surface area contributed by atoms with Crippen molar-refractivity contribution < 1.29 is 9.59 Å². The molecule has 3 rings (SSSR count). The molecule has 1 aromatic heterocycles. The summed E-state index contributed by atoms with van der Waals surface area (Å²) in [6.45, 7) is 4.66. The summed E-state index contributed by atoms with van der Waals surface area (Å²) in [5.74, 6) is 0.960. The molecule has 3 heterocycles. The van der Waals surface area contributed by atoms with E-state index in [1.54, 1.807) is 13.1 Å². The van der Waals surface area contributed by atoms with E-state index in [0.29, 0.717) is 32.7 Å². The summed E-state index contributed by atoms with van der Waals surface area (Å²) in [5.41, 5.74) is 0. The number of aryl methyl sites for hydroxylation is 1. The van der Waals surface area contributed by atoms with Gasteiger partial charge in [-0.25, -0.2) is 9.78 Å². The maximum absolute atomic E-state index is 12.4. The van der Waals surface area contributed by atoms with Crippen LogP contribution in [0.5, 0.6) is 0 Å². The van der Waals surface area contributed by atoms with Crippen LogP contribution in [0.4, 0.5) is 4.79 Å². The molecule has 0 radical (unpaired) electrons. The van der Waals surface area contributed by atoms with Crippen LogP contribution in [0.15, 0.2) is 12.4 Å². The van der Waals surface area contributed by atoms with E-state index in [-0.39, 0.29) is 18.0 Å². The van der Waals surface area contributed by atoms with Gasteiger partial charge in [-0.05, 0) is 0 Å². The minimum absolute atomic E-state index is 0.0567. The zero-order valence-corrected chi connectivity index (χ0v) is 11.8. The molecule has 7 heteroatoms. The monoisotopic (exact) mass is 277 g/mol. The van der Waals surface area contributed by atoms with Crippen LogP contribution in [-0.4, -0.2) is 68.4 Å². The number of imidazole rings is 1. The summed E-state index contributed by atoms with van der Waals surface area (Å²) in [7, 11) is 1.92. The molecule has 1 atom stereocenters. The standard InChI is InChI=1S/C13H19N5O2/c1-10(19)16-5-6-18-11(7-16)8-17(13(18)20)9-12-14-3-4-15(12)2/h3-4,11H,5-9H2,1-2H3/t11-/m1/s1. The van der Waals surface area contributed by atoms with Gasteiger partial charge in [0.25, 0.3) is 0 Å². The first-order valence-corrected chi connectivity index (χ1v) is 6.83. The van der Waals surface area contributed by atoms with E-state index in [1.807, 2.05) is 32.5 Å². The van der Waals surface area contributed by atoms with Crippen LogP contribution in [-0.2, 0) is 18.4 Å². The number of rotatable bonds is 2. The van der Waals surface area contributed by atoms with E-state index < -0.39 is 0 Å². The van der Waals surface area contributed by atoms with Crippen LogP contribution in [0, 0.1) is 0 Å². The van der Waals surface area contributed by atoms with Crippen LogP contribution in [0.1, 0.15) is 12.7 Å². The minimum atomic E-state index is 0.0567. The van der Waals surface area contributed by atoms with Crippen molar-refractivity contribution in [3.05, 3.63) is 18.2 Å². The first-order valence-electron chi connectivity index (χ1n) is 6.83. The molecular weight excluding hydrogens is 258 g/mol. The summed E-state index contributed by atoms with van der Waals surface area (Å²) in [4.78, 5) is 33.6. The van der Waals surface area contributed by atoms with Gasteiger partial charge in [0.2, 0.25) is 5.91 Å². The zero-order chi connectivity index (χ0) is 14.3. The average molecular weight is 277 g/mol. The molecule has 0 saturated carbocycles. The number of hydrogen-bond donors (Lipinski definition) is 0. The molecule has 108 valence electrons. The van der Waals surface area contributed by atoms with Crippen LogP contribution in [0.3, 0.4) is 0 Å². The zero-order valence-electron chi connectivity index (χ0n) is 11.8. The van der Waals surface area contributed by atoms with Gasteiger partial charge in [-0.3, -0.25) is 4.79 Å². The van der Waals surface area contributed by atoms with Crippen molar-refractivity contribution in [2.75, 3.05) is 26.2 Å². The van der Waals surface area contributed by atoms with Crippen molar-refractivity contribution in [1.29, 1.82) is 0 Å². The van der Waals surface area contributed by atoms with E-state index >= 15 is 0 Å². The van der Waals surface area contributed by atoms with Crippen molar-refractivity contribution in [3.63, 3.8) is 0 Å². The number of amides is 3. The molecule has 0 unspecified atom stereocenters. The van der Waals surface area contributed by atoms with Crippen molar-refractivity contribution in [2.24, 2.45) is 7.05 Å². The molecule has 2 saturated heterocycles. The molecule has 0 aliphatic carbocycles. The van der Waals surface area contributed by atoms with E-state index in [4.69, 9.17) is 0 Å². The lowest BCUT2D eigenvalue weighted by Crippen LogP contribution is -2.53. The van der Waals surface area contributed by atoms with E-state index in [2.05, 4.69) is 4.98 Å². The quantitative estimate of drug-likeness (QED) is 0.757. The molecular formula is C13H19N5O2. The number of nitrogens with zero attached hydrogens (tertiary/aromatic N) is 5. The van der Waals surface area contributed by atoms with Crippen LogP contribution >= 0.6 is 0 Å². The highest BCUT2D eigenvalue weighted by Crippen LogP contribution is 2.22. The Hall–Kier alpha value is -2.05. The third kappa shape index (κ3) is 2.13. The fourth-order valence-corrected chi connectivity index (χ4v) is 2.92. The average Bonchev–Trinajstić information content (AvgIpc) is 2.95. The lowest BCUT2D eigenvalue weighted by atomic mass is 10.2. The van der Waals surface area contributed by atoms with Gasteiger partial charge in [0.15, 0.2) is 0 Å². The molecule has 0 N–H and O–H groups in total. The lowest BCUT2D eigenvalue weighted by Gasteiger charge is -2.35. The van der Waals surface area contributed by atoms with Crippen LogP contribution < -0.4 is 0 Å². The minimum Gasteiger partial charge on any atom is -0.339 e. The predicted molar refractivity (Wildman–Crippen MR) is 71.8 cm³/mol. The summed E-state index contributed by atoms with van der Waals surface area (Å²) in [5, 5.41) is 0. The number of carbonyl (C=O) groups is 2. The normalized spacial score (nSPS) is 22.4. The number of carbonyl (C=O) groups excluding carboxylic acids is 2. The molecule has 2 aliphatic rings. The molecule has 1 aromatic rings. The Labute approximate surface area is 117 Å². The number of fused-ring (bicyclic) bond motifs is 1. The topological polar surface area (TPSA) is 61.7 Å². The van der Waals surface area contributed by atoms with E-state index in [9.17, 15) is 9.59 Å². The fourth-order valence-electron chi connectivity index (χ4n) is 2.92. The van der Waals surface area contributed by atoms with Crippen molar-refractivity contribution in [3.8, 4) is 0 Å². The maximum atomic E-state index is 12.4. The molecule has 0 spiro atoms. The Bertz CT molecular complexity index is 541. The Balaban J connectivity index is 1.70. The van der Waals surface area contributed by atoms with Crippen LogP contribution in [0.2, 0.25) is 0 Å². The highest BCUT2D eigenvalue weighted by atomic mass is 16.2. The third-order valence-electron chi connectivity index (χ3n) is 4.13. The van der Waals surface area contributed by atoms with E-state index in [0.717, 1.165) is 5.82 Å². The predicted octanol–water partition coefficient (Wildman–Crippen LogP) is -0.112. The first kappa shape index (κ1) is 13.0. The molecule has 2 fully saturated rings. The number of aromatic nitrogens is 2. The molecule has 20 heavy (non-hydrogen) atoms. The molecule has 0 aromatic carbocycles. The summed E-state index contributed by atoms with van der Waals surface area (Å²) < 4.78 is 1.92. The van der Waals surface area contributed by atoms with Crippen molar-refractivity contribution in [2.45, 2.75) is 19.5 Å². The highest BCUT2D eigenvalue weighted by Gasteiger charge is 2.41. The molecule has 7 nitrogen and oxygen atoms in total. The summed E-state index contributed by atoms with van der Waals surface area (Å²) >= 11 is 0. The number of hydrogen-bond acceptors (Lipinski definition) is 3.